The first-order chi connectivity index (χ1) is 16.5. The van der Waals surface area contributed by atoms with Crippen LogP contribution in [0.1, 0.15) is 61.0 Å². The summed E-state index contributed by atoms with van der Waals surface area (Å²) in [5.74, 6) is 1.30. The van der Waals surface area contributed by atoms with E-state index >= 15 is 0 Å². The van der Waals surface area contributed by atoms with Gasteiger partial charge in [0.1, 0.15) is 18.0 Å². The molecule has 1 N–H and O–H groups in total. The van der Waals surface area contributed by atoms with Gasteiger partial charge in [-0.3, -0.25) is 4.98 Å². The van der Waals surface area contributed by atoms with E-state index in [4.69, 9.17) is 25.8 Å². The van der Waals surface area contributed by atoms with Crippen LogP contribution < -0.4 is 0 Å². The first-order valence-electron chi connectivity index (χ1n) is 11.7. The van der Waals surface area contributed by atoms with E-state index in [1.165, 1.54) is 0 Å². The van der Waals surface area contributed by atoms with E-state index < -0.39 is 18.5 Å². The molecule has 1 aliphatic carbocycles. The third-order valence-corrected chi connectivity index (χ3v) is 7.07. The number of aromatic nitrogens is 4. The summed E-state index contributed by atoms with van der Waals surface area (Å²) in [4.78, 5) is 9.25. The maximum atomic E-state index is 11.3. The lowest BCUT2D eigenvalue weighted by atomic mass is 9.86. The van der Waals surface area contributed by atoms with Crippen LogP contribution in [0.5, 0.6) is 0 Å². The smallest absolute Gasteiger partial charge is 0.184 e. The van der Waals surface area contributed by atoms with Crippen LogP contribution in [0.15, 0.2) is 42.6 Å². The summed E-state index contributed by atoms with van der Waals surface area (Å²) in [5, 5.41) is 16.5. The first-order valence-corrected chi connectivity index (χ1v) is 12.1. The summed E-state index contributed by atoms with van der Waals surface area (Å²) in [6.07, 6.45) is 1.18. The number of aliphatic hydroxyl groups excluding tert-OH is 1. The molecule has 8 nitrogen and oxygen atoms in total. The third kappa shape index (κ3) is 3.93. The van der Waals surface area contributed by atoms with Gasteiger partial charge in [0.2, 0.25) is 0 Å². The third-order valence-electron chi connectivity index (χ3n) is 6.87. The van der Waals surface area contributed by atoms with Crippen molar-refractivity contribution < 1.29 is 19.3 Å². The number of aryl methyl sites for hydroxylation is 1. The van der Waals surface area contributed by atoms with Crippen molar-refractivity contribution in [3.8, 4) is 5.69 Å². The van der Waals surface area contributed by atoms with Crippen LogP contribution in [0.25, 0.3) is 5.69 Å². The number of ether oxygens (including phenoxy) is 3. The Hall–Kier alpha value is -2.36. The van der Waals surface area contributed by atoms with Crippen LogP contribution in [-0.4, -0.2) is 49.8 Å². The van der Waals surface area contributed by atoms with E-state index in [0.717, 1.165) is 29.8 Å². The molecule has 1 saturated carbocycles. The van der Waals surface area contributed by atoms with Crippen LogP contribution in [0.4, 0.5) is 0 Å². The van der Waals surface area contributed by atoms with Gasteiger partial charge in [-0.1, -0.05) is 48.9 Å². The Kier molecular flexibility index (Phi) is 5.66. The first kappa shape index (κ1) is 22.1. The Morgan fingerprint density at radius 3 is 2.71 bits per heavy atom. The van der Waals surface area contributed by atoms with Gasteiger partial charge in [-0.15, -0.1) is 0 Å². The van der Waals surface area contributed by atoms with E-state index in [2.05, 4.69) is 15.1 Å². The highest BCUT2D eigenvalue weighted by Crippen LogP contribution is 2.44. The molecule has 3 fully saturated rings. The van der Waals surface area contributed by atoms with Crippen molar-refractivity contribution in [2.24, 2.45) is 5.92 Å². The predicted octanol–water partition coefficient (Wildman–Crippen LogP) is 4.05. The number of hydrogen-bond donors (Lipinski definition) is 1. The van der Waals surface area contributed by atoms with Gasteiger partial charge in [0.05, 0.1) is 35.2 Å². The molecule has 3 aromatic rings. The average Bonchev–Trinajstić information content (AvgIpc) is 3.62. The fourth-order valence-corrected chi connectivity index (χ4v) is 5.09. The highest BCUT2D eigenvalue weighted by atomic mass is 35.5. The van der Waals surface area contributed by atoms with Crippen LogP contribution in [-0.2, 0) is 14.2 Å². The van der Waals surface area contributed by atoms with Gasteiger partial charge in [0.25, 0.3) is 0 Å². The van der Waals surface area contributed by atoms with Gasteiger partial charge in [-0.25, -0.2) is 9.67 Å². The molecule has 4 unspecified atom stereocenters. The topological polar surface area (TPSA) is 91.5 Å². The zero-order chi connectivity index (χ0) is 23.4. The second-order valence-corrected chi connectivity index (χ2v) is 9.82. The Morgan fingerprint density at radius 2 is 1.94 bits per heavy atom. The quantitative estimate of drug-likeness (QED) is 0.599. The molecule has 178 valence electrons. The summed E-state index contributed by atoms with van der Waals surface area (Å²) in [7, 11) is 0. The van der Waals surface area contributed by atoms with Crippen LogP contribution in [0.3, 0.4) is 0 Å². The fourth-order valence-electron chi connectivity index (χ4n) is 4.94. The lowest BCUT2D eigenvalue weighted by Gasteiger charge is -2.47. The number of nitrogens with zero attached hydrogens (tertiary/aromatic N) is 4. The van der Waals surface area contributed by atoms with Gasteiger partial charge in [-0.2, -0.15) is 5.10 Å². The molecule has 2 aromatic heterocycles. The number of pyridine rings is 1. The minimum Gasteiger partial charge on any atom is -0.390 e. The summed E-state index contributed by atoms with van der Waals surface area (Å²) in [6, 6.07) is 11.7. The normalized spacial score (nSPS) is 31.3. The van der Waals surface area contributed by atoms with Crippen molar-refractivity contribution in [3.63, 3.8) is 0 Å². The van der Waals surface area contributed by atoms with E-state index in [0.29, 0.717) is 29.2 Å². The Labute approximate surface area is 202 Å². The van der Waals surface area contributed by atoms with E-state index in [1.807, 2.05) is 50.2 Å². The lowest BCUT2D eigenvalue weighted by Crippen LogP contribution is -2.55. The molecule has 6 rings (SSSR count). The number of halogens is 1. The molecule has 0 spiro atoms. The number of fused-ring (bicyclic) bond motifs is 1. The minimum absolute atomic E-state index is 0.204. The van der Waals surface area contributed by atoms with E-state index in [9.17, 15) is 5.11 Å². The zero-order valence-corrected chi connectivity index (χ0v) is 19.8. The van der Waals surface area contributed by atoms with Crippen LogP contribution >= 0.6 is 11.6 Å². The van der Waals surface area contributed by atoms with Gasteiger partial charge >= 0.3 is 0 Å². The fraction of sp³-hybridized carbons (Fsp3) is 0.480. The number of benzene rings is 1. The van der Waals surface area contributed by atoms with Gasteiger partial charge in [0.15, 0.2) is 12.1 Å². The molecule has 2 saturated heterocycles. The van der Waals surface area contributed by atoms with Crippen molar-refractivity contribution in [2.45, 2.75) is 63.3 Å². The molecule has 0 amide bonds. The monoisotopic (exact) mass is 482 g/mol. The Balaban J connectivity index is 1.31. The summed E-state index contributed by atoms with van der Waals surface area (Å²) in [5.41, 5.74) is 2.68. The summed E-state index contributed by atoms with van der Waals surface area (Å²) in [6.45, 7) is 4.17. The minimum atomic E-state index is -0.838. The highest BCUT2D eigenvalue weighted by Gasteiger charge is 2.49. The standard InChI is InChI=1S/C25H27ClN4O4/c1-13-21(31)23(33-19-12-32-25(34-22(13)19)16-6-4-3-5-7-16)24-28-14(2)29-30(24)18-10-17(26)11-27-20(18)15-8-9-15/h3-7,10-11,13,15,19,21-23,25,31H,8-9,12H2,1-2H3/t13?,19?,21?,22-,23-,25?/m1/s1. The van der Waals surface area contributed by atoms with E-state index in [1.54, 1.807) is 10.9 Å². The summed E-state index contributed by atoms with van der Waals surface area (Å²) < 4.78 is 20.4. The van der Waals surface area contributed by atoms with Crippen LogP contribution in [0.2, 0.25) is 5.02 Å². The SMILES string of the molecule is Cc1nc([C@@H]2OC3COC(c4ccccc4)O[C@@H]3C(C)C2O)n(-c2cc(Cl)cnc2C2CC2)n1. The molecule has 0 bridgehead atoms. The van der Waals surface area contributed by atoms with Gasteiger partial charge < -0.3 is 19.3 Å². The molecule has 0 radical (unpaired) electrons. The second-order valence-electron chi connectivity index (χ2n) is 9.38. The number of rotatable bonds is 4. The predicted molar refractivity (Wildman–Crippen MR) is 124 cm³/mol. The highest BCUT2D eigenvalue weighted by molar-refractivity contribution is 6.30. The molecular weight excluding hydrogens is 456 g/mol. The number of aliphatic hydroxyl groups is 1. The maximum absolute atomic E-state index is 11.3. The maximum Gasteiger partial charge on any atom is 0.184 e. The van der Waals surface area contributed by atoms with Crippen molar-refractivity contribution in [1.29, 1.82) is 0 Å². The van der Waals surface area contributed by atoms with E-state index in [-0.39, 0.29) is 18.1 Å². The average molecular weight is 483 g/mol. The lowest BCUT2D eigenvalue weighted by molar-refractivity contribution is -0.319. The zero-order valence-electron chi connectivity index (χ0n) is 19.0. The summed E-state index contributed by atoms with van der Waals surface area (Å²) >= 11 is 6.31. The Bertz CT molecular complexity index is 1180. The van der Waals surface area contributed by atoms with Crippen molar-refractivity contribution in [2.75, 3.05) is 6.61 Å². The molecule has 6 atom stereocenters. The van der Waals surface area contributed by atoms with Gasteiger partial charge in [-0.05, 0) is 25.8 Å². The van der Waals surface area contributed by atoms with Gasteiger partial charge in [0, 0.05) is 23.6 Å². The molecular formula is C25H27ClN4O4. The molecule has 3 aliphatic rings. The van der Waals surface area contributed by atoms with Crippen molar-refractivity contribution in [3.05, 3.63) is 70.5 Å². The number of hydrogen-bond acceptors (Lipinski definition) is 7. The second kappa shape index (κ2) is 8.70. The van der Waals surface area contributed by atoms with Crippen molar-refractivity contribution >= 4 is 11.6 Å². The molecule has 9 heteroatoms. The van der Waals surface area contributed by atoms with Crippen LogP contribution in [0, 0.1) is 12.8 Å². The molecule has 2 aliphatic heterocycles. The molecule has 1 aromatic carbocycles. The Morgan fingerprint density at radius 1 is 1.15 bits per heavy atom. The molecule has 34 heavy (non-hydrogen) atoms. The van der Waals surface area contributed by atoms with Crippen molar-refractivity contribution in [1.82, 2.24) is 19.7 Å². The largest absolute Gasteiger partial charge is 0.390 e. The molecule has 4 heterocycles.